The smallest absolute Gasteiger partial charge is 0.199 e. The minimum Gasteiger partial charge on any atom is -0.506 e. The van der Waals surface area contributed by atoms with E-state index in [0.717, 1.165) is 25.9 Å². The number of hydrogen-bond acceptors (Lipinski definition) is 3. The summed E-state index contributed by atoms with van der Waals surface area (Å²) in [6, 6.07) is 4.81. The summed E-state index contributed by atoms with van der Waals surface area (Å²) < 4.78 is 11.2. The first-order valence-electron chi connectivity index (χ1n) is 5.52. The molecule has 3 nitrogen and oxygen atoms in total. The lowest BCUT2D eigenvalue weighted by molar-refractivity contribution is -0.0768. The number of phenolic OH excluding ortho intramolecular Hbond substituents is 1. The molecule has 4 heteroatoms. The van der Waals surface area contributed by atoms with E-state index >= 15 is 0 Å². The van der Waals surface area contributed by atoms with E-state index in [1.54, 1.807) is 12.1 Å². The van der Waals surface area contributed by atoms with Gasteiger partial charge in [-0.1, -0.05) is 18.0 Å². The Morgan fingerprint density at radius 3 is 3.00 bits per heavy atom. The van der Waals surface area contributed by atoms with E-state index in [1.807, 2.05) is 0 Å². The highest BCUT2D eigenvalue weighted by Gasteiger charge is 2.14. The molecule has 1 aliphatic rings. The van der Waals surface area contributed by atoms with Crippen LogP contribution in [0.25, 0.3) is 0 Å². The Labute approximate surface area is 99.9 Å². The number of phenols is 1. The molecule has 1 N–H and O–H groups in total. The van der Waals surface area contributed by atoms with Crippen LogP contribution >= 0.6 is 11.6 Å². The maximum Gasteiger partial charge on any atom is 0.199 e. The van der Waals surface area contributed by atoms with Crippen molar-refractivity contribution < 1.29 is 14.6 Å². The van der Waals surface area contributed by atoms with E-state index in [2.05, 4.69) is 0 Å². The Bertz CT molecular complexity index is 346. The van der Waals surface area contributed by atoms with E-state index < -0.39 is 0 Å². The first-order chi connectivity index (χ1) is 7.75. The Kier molecular flexibility index (Phi) is 3.91. The fraction of sp³-hybridized carbons (Fsp3) is 0.500. The summed E-state index contributed by atoms with van der Waals surface area (Å²) >= 11 is 5.79. The third-order valence-corrected chi connectivity index (χ3v) is 2.88. The summed E-state index contributed by atoms with van der Waals surface area (Å²) in [4.78, 5) is 0. The molecule has 0 amide bonds. The minimum absolute atomic E-state index is 0.0656. The zero-order chi connectivity index (χ0) is 11.4. The van der Waals surface area contributed by atoms with Crippen molar-refractivity contribution >= 4 is 11.6 Å². The second-order valence-electron chi connectivity index (χ2n) is 3.88. The average molecular weight is 243 g/mol. The topological polar surface area (TPSA) is 38.7 Å². The van der Waals surface area contributed by atoms with Gasteiger partial charge in [-0.25, -0.2) is 0 Å². The SMILES string of the molecule is Oc1ccc(O[C@H]2CCCCCO2)cc1Cl. The highest BCUT2D eigenvalue weighted by atomic mass is 35.5. The highest BCUT2D eigenvalue weighted by Crippen LogP contribution is 2.28. The highest BCUT2D eigenvalue weighted by molar-refractivity contribution is 6.32. The van der Waals surface area contributed by atoms with Gasteiger partial charge in [0.15, 0.2) is 6.29 Å². The average Bonchev–Trinajstić information content (AvgIpc) is 2.52. The summed E-state index contributed by atoms with van der Waals surface area (Å²) in [6.07, 6.45) is 4.12. The van der Waals surface area contributed by atoms with Gasteiger partial charge in [0, 0.05) is 12.5 Å². The van der Waals surface area contributed by atoms with Gasteiger partial charge in [-0.05, 0) is 25.0 Å². The molecule has 1 aliphatic heterocycles. The molecule has 2 rings (SSSR count). The van der Waals surface area contributed by atoms with Crippen molar-refractivity contribution in [3.8, 4) is 11.5 Å². The molecular weight excluding hydrogens is 228 g/mol. The monoisotopic (exact) mass is 242 g/mol. The van der Waals surface area contributed by atoms with Crippen molar-refractivity contribution in [2.45, 2.75) is 32.0 Å². The van der Waals surface area contributed by atoms with Crippen molar-refractivity contribution in [1.82, 2.24) is 0 Å². The largest absolute Gasteiger partial charge is 0.506 e. The van der Waals surface area contributed by atoms with Crippen molar-refractivity contribution in [2.24, 2.45) is 0 Å². The van der Waals surface area contributed by atoms with E-state index in [-0.39, 0.29) is 12.0 Å². The quantitative estimate of drug-likeness (QED) is 0.865. The van der Waals surface area contributed by atoms with Crippen LogP contribution in [0.3, 0.4) is 0 Å². The molecule has 0 saturated carbocycles. The van der Waals surface area contributed by atoms with E-state index in [1.165, 1.54) is 12.5 Å². The van der Waals surface area contributed by atoms with Crippen molar-refractivity contribution in [3.05, 3.63) is 23.2 Å². The van der Waals surface area contributed by atoms with Crippen LogP contribution in [0.5, 0.6) is 11.5 Å². The van der Waals surface area contributed by atoms with Crippen molar-refractivity contribution in [2.75, 3.05) is 6.61 Å². The molecule has 1 saturated heterocycles. The van der Waals surface area contributed by atoms with Crippen molar-refractivity contribution in [3.63, 3.8) is 0 Å². The lowest BCUT2D eigenvalue weighted by Crippen LogP contribution is -2.19. The molecule has 1 atom stereocenters. The number of benzene rings is 1. The Morgan fingerprint density at radius 1 is 1.31 bits per heavy atom. The fourth-order valence-corrected chi connectivity index (χ4v) is 1.86. The molecule has 0 bridgehead atoms. The predicted molar refractivity (Wildman–Crippen MR) is 62.0 cm³/mol. The third kappa shape index (κ3) is 3.03. The summed E-state index contributed by atoms with van der Waals surface area (Å²) in [5.41, 5.74) is 0. The second kappa shape index (κ2) is 5.41. The number of ether oxygens (including phenoxy) is 2. The number of hydrogen-bond donors (Lipinski definition) is 1. The van der Waals surface area contributed by atoms with Gasteiger partial charge < -0.3 is 14.6 Å². The molecule has 1 heterocycles. The molecule has 0 radical (unpaired) electrons. The minimum atomic E-state index is -0.192. The molecule has 0 aromatic heterocycles. The zero-order valence-corrected chi connectivity index (χ0v) is 9.74. The molecule has 1 fully saturated rings. The van der Waals surface area contributed by atoms with Crippen LogP contribution < -0.4 is 4.74 Å². The van der Waals surface area contributed by atoms with E-state index in [0.29, 0.717) is 10.8 Å². The van der Waals surface area contributed by atoms with Crippen LogP contribution in [-0.2, 0) is 4.74 Å². The van der Waals surface area contributed by atoms with Gasteiger partial charge in [-0.3, -0.25) is 0 Å². The molecular formula is C12H15ClO3. The molecule has 88 valence electrons. The van der Waals surface area contributed by atoms with Crippen LogP contribution in [-0.4, -0.2) is 18.0 Å². The Morgan fingerprint density at radius 2 is 2.19 bits per heavy atom. The van der Waals surface area contributed by atoms with Gasteiger partial charge in [0.25, 0.3) is 0 Å². The van der Waals surface area contributed by atoms with E-state index in [9.17, 15) is 5.11 Å². The predicted octanol–water partition coefficient (Wildman–Crippen LogP) is 3.34. The Hall–Kier alpha value is -0.930. The van der Waals surface area contributed by atoms with Crippen LogP contribution in [0.1, 0.15) is 25.7 Å². The Balaban J connectivity index is 1.99. The van der Waals surface area contributed by atoms with Crippen LogP contribution in [0.15, 0.2) is 18.2 Å². The fourth-order valence-electron chi connectivity index (χ4n) is 1.69. The van der Waals surface area contributed by atoms with Crippen LogP contribution in [0.2, 0.25) is 5.02 Å². The molecule has 16 heavy (non-hydrogen) atoms. The lowest BCUT2D eigenvalue weighted by Gasteiger charge is -2.17. The van der Waals surface area contributed by atoms with Crippen LogP contribution in [0.4, 0.5) is 0 Å². The van der Waals surface area contributed by atoms with Gasteiger partial charge >= 0.3 is 0 Å². The normalized spacial score (nSPS) is 21.4. The third-order valence-electron chi connectivity index (χ3n) is 2.57. The second-order valence-corrected chi connectivity index (χ2v) is 4.29. The zero-order valence-electron chi connectivity index (χ0n) is 8.99. The standard InChI is InChI=1S/C12H15ClO3/c13-10-8-9(5-6-11(10)14)16-12-4-2-1-3-7-15-12/h5-6,8,12,14H,1-4,7H2/t12-/m0/s1. The first kappa shape index (κ1) is 11.6. The maximum atomic E-state index is 9.28. The molecule has 0 spiro atoms. The number of halogens is 1. The van der Waals surface area contributed by atoms with Gasteiger partial charge in [0.1, 0.15) is 11.5 Å². The van der Waals surface area contributed by atoms with Gasteiger partial charge in [0.05, 0.1) is 11.6 Å². The summed E-state index contributed by atoms with van der Waals surface area (Å²) in [5.74, 6) is 0.700. The van der Waals surface area contributed by atoms with Crippen molar-refractivity contribution in [1.29, 1.82) is 0 Å². The maximum absolute atomic E-state index is 9.28. The lowest BCUT2D eigenvalue weighted by atomic mass is 10.2. The molecule has 1 aromatic carbocycles. The van der Waals surface area contributed by atoms with Gasteiger partial charge in [-0.2, -0.15) is 0 Å². The summed E-state index contributed by atoms with van der Waals surface area (Å²) in [5, 5.41) is 9.57. The molecule has 0 unspecified atom stereocenters. The number of rotatable bonds is 2. The van der Waals surface area contributed by atoms with Gasteiger partial charge in [0.2, 0.25) is 0 Å². The van der Waals surface area contributed by atoms with Crippen LogP contribution in [0, 0.1) is 0 Å². The first-order valence-corrected chi connectivity index (χ1v) is 5.90. The van der Waals surface area contributed by atoms with E-state index in [4.69, 9.17) is 21.1 Å². The summed E-state index contributed by atoms with van der Waals surface area (Å²) in [6.45, 7) is 0.747. The molecule has 0 aliphatic carbocycles. The van der Waals surface area contributed by atoms with Gasteiger partial charge in [-0.15, -0.1) is 0 Å². The number of aromatic hydroxyl groups is 1. The molecule has 1 aromatic rings. The summed E-state index contributed by atoms with van der Waals surface area (Å²) in [7, 11) is 0.